The predicted molar refractivity (Wildman–Crippen MR) is 70.9 cm³/mol. The highest BCUT2D eigenvalue weighted by Gasteiger charge is 2.06. The zero-order chi connectivity index (χ0) is 13.7. The van der Waals surface area contributed by atoms with Gasteiger partial charge in [-0.1, -0.05) is 23.6 Å². The molecule has 98 valence electrons. The van der Waals surface area contributed by atoms with Gasteiger partial charge in [0.05, 0.1) is 5.75 Å². The minimum absolute atomic E-state index is 0.134. The first-order valence-electron chi connectivity index (χ1n) is 5.57. The van der Waals surface area contributed by atoms with Crippen molar-refractivity contribution in [2.45, 2.75) is 11.8 Å². The molecule has 0 amide bonds. The summed E-state index contributed by atoms with van der Waals surface area (Å²) in [6.07, 6.45) is 0. The number of aliphatic hydroxyl groups excluding tert-OH is 1. The highest BCUT2D eigenvalue weighted by Crippen LogP contribution is 2.14. The molecule has 0 aliphatic heterocycles. The van der Waals surface area contributed by atoms with E-state index in [2.05, 4.69) is 22.0 Å². The van der Waals surface area contributed by atoms with E-state index in [4.69, 9.17) is 5.11 Å². The number of hydrogen-bond acceptors (Lipinski definition) is 4. The fourth-order valence-electron chi connectivity index (χ4n) is 1.38. The predicted octanol–water partition coefficient (Wildman–Crippen LogP) is 1.59. The van der Waals surface area contributed by atoms with Crippen molar-refractivity contribution in [2.75, 3.05) is 5.75 Å². The molecule has 0 aliphatic carbocycles. The van der Waals surface area contributed by atoms with Crippen molar-refractivity contribution in [3.05, 3.63) is 41.5 Å². The molecule has 1 heterocycles. The van der Waals surface area contributed by atoms with Crippen molar-refractivity contribution in [1.82, 2.24) is 14.8 Å². The standard InChI is InChI=1S/C13H12FN3OS/c1-17-12(9-18)15-16-13(17)19-8-2-3-10-4-6-11(14)7-5-10/h4-7,18H,8-9H2,1H3. The normalized spacial score (nSPS) is 10.1. The zero-order valence-corrected chi connectivity index (χ0v) is 11.1. The van der Waals surface area contributed by atoms with Crippen molar-refractivity contribution >= 4 is 11.8 Å². The fraction of sp³-hybridized carbons (Fsp3) is 0.231. The van der Waals surface area contributed by atoms with Crippen LogP contribution in [0.15, 0.2) is 29.4 Å². The van der Waals surface area contributed by atoms with Crippen molar-refractivity contribution < 1.29 is 9.50 Å². The molecule has 0 aliphatic rings. The number of nitrogens with zero attached hydrogens (tertiary/aromatic N) is 3. The molecule has 4 nitrogen and oxygen atoms in total. The summed E-state index contributed by atoms with van der Waals surface area (Å²) in [5.74, 6) is 6.71. The first-order valence-corrected chi connectivity index (χ1v) is 6.55. The van der Waals surface area contributed by atoms with Crippen LogP contribution >= 0.6 is 11.8 Å². The van der Waals surface area contributed by atoms with Crippen LogP contribution in [0.4, 0.5) is 4.39 Å². The van der Waals surface area contributed by atoms with E-state index in [1.165, 1.54) is 23.9 Å². The Hall–Kier alpha value is -1.84. The molecule has 0 spiro atoms. The van der Waals surface area contributed by atoms with Crippen LogP contribution < -0.4 is 0 Å². The van der Waals surface area contributed by atoms with Crippen molar-refractivity contribution in [3.63, 3.8) is 0 Å². The van der Waals surface area contributed by atoms with Gasteiger partial charge in [-0.15, -0.1) is 10.2 Å². The van der Waals surface area contributed by atoms with E-state index in [0.717, 1.165) is 5.56 Å². The molecule has 2 rings (SSSR count). The molecule has 19 heavy (non-hydrogen) atoms. The Morgan fingerprint density at radius 1 is 1.32 bits per heavy atom. The van der Waals surface area contributed by atoms with Gasteiger partial charge in [-0.2, -0.15) is 0 Å². The van der Waals surface area contributed by atoms with Crippen molar-refractivity contribution in [1.29, 1.82) is 0 Å². The van der Waals surface area contributed by atoms with E-state index in [1.807, 2.05) is 0 Å². The lowest BCUT2D eigenvalue weighted by molar-refractivity contribution is 0.266. The van der Waals surface area contributed by atoms with E-state index >= 15 is 0 Å². The maximum absolute atomic E-state index is 12.7. The molecule has 0 unspecified atom stereocenters. The highest BCUT2D eigenvalue weighted by molar-refractivity contribution is 7.99. The summed E-state index contributed by atoms with van der Waals surface area (Å²) in [5, 5.41) is 17.5. The van der Waals surface area contributed by atoms with Crippen LogP contribution in [0, 0.1) is 17.7 Å². The number of halogens is 1. The lowest BCUT2D eigenvalue weighted by atomic mass is 10.2. The number of aromatic nitrogens is 3. The molecule has 0 fully saturated rings. The van der Waals surface area contributed by atoms with E-state index in [9.17, 15) is 4.39 Å². The Balaban J connectivity index is 1.93. The van der Waals surface area contributed by atoms with Crippen molar-refractivity contribution in [3.8, 4) is 11.8 Å². The van der Waals surface area contributed by atoms with Gasteiger partial charge >= 0.3 is 0 Å². The summed E-state index contributed by atoms with van der Waals surface area (Å²) >= 11 is 1.44. The van der Waals surface area contributed by atoms with Gasteiger partial charge in [0.2, 0.25) is 0 Å². The summed E-state index contributed by atoms with van der Waals surface area (Å²) in [4.78, 5) is 0. The van der Waals surface area contributed by atoms with Crippen LogP contribution in [0.2, 0.25) is 0 Å². The zero-order valence-electron chi connectivity index (χ0n) is 10.3. The second-order valence-electron chi connectivity index (χ2n) is 3.71. The Labute approximate surface area is 114 Å². The number of aliphatic hydroxyl groups is 1. The molecule has 0 saturated carbocycles. The first-order chi connectivity index (χ1) is 9.20. The molecule has 0 bridgehead atoms. The van der Waals surface area contributed by atoms with Gasteiger partial charge < -0.3 is 9.67 Å². The minimum Gasteiger partial charge on any atom is -0.388 e. The third-order valence-corrected chi connectivity index (χ3v) is 3.32. The van der Waals surface area contributed by atoms with Gasteiger partial charge in [0.25, 0.3) is 0 Å². The monoisotopic (exact) mass is 277 g/mol. The van der Waals surface area contributed by atoms with E-state index in [-0.39, 0.29) is 12.4 Å². The fourth-order valence-corrected chi connectivity index (χ4v) is 2.05. The largest absolute Gasteiger partial charge is 0.388 e. The van der Waals surface area contributed by atoms with Gasteiger partial charge in [-0.3, -0.25) is 0 Å². The number of hydrogen-bond donors (Lipinski definition) is 1. The summed E-state index contributed by atoms with van der Waals surface area (Å²) < 4.78 is 14.4. The lowest BCUT2D eigenvalue weighted by Gasteiger charge is -1.98. The highest BCUT2D eigenvalue weighted by atomic mass is 32.2. The SMILES string of the molecule is Cn1c(CO)nnc1SCC#Cc1ccc(F)cc1. The summed E-state index contributed by atoms with van der Waals surface area (Å²) in [6.45, 7) is -0.134. The third-order valence-electron chi connectivity index (χ3n) is 2.42. The quantitative estimate of drug-likeness (QED) is 0.684. The van der Waals surface area contributed by atoms with Crippen LogP contribution in [0.5, 0.6) is 0 Å². The van der Waals surface area contributed by atoms with Gasteiger partial charge in [-0.05, 0) is 24.3 Å². The minimum atomic E-state index is -0.268. The molecule has 1 N–H and O–H groups in total. The van der Waals surface area contributed by atoms with E-state index < -0.39 is 0 Å². The van der Waals surface area contributed by atoms with E-state index in [0.29, 0.717) is 16.7 Å². The topological polar surface area (TPSA) is 50.9 Å². The Morgan fingerprint density at radius 2 is 2.05 bits per heavy atom. The summed E-state index contributed by atoms with van der Waals surface area (Å²) in [6, 6.07) is 6.04. The molecule has 0 saturated heterocycles. The number of benzene rings is 1. The van der Waals surface area contributed by atoms with Crippen molar-refractivity contribution in [2.24, 2.45) is 7.05 Å². The smallest absolute Gasteiger partial charge is 0.191 e. The molecule has 0 radical (unpaired) electrons. The second-order valence-corrected chi connectivity index (χ2v) is 4.66. The Morgan fingerprint density at radius 3 is 2.68 bits per heavy atom. The van der Waals surface area contributed by atoms with Crippen LogP contribution in [-0.4, -0.2) is 25.6 Å². The maximum atomic E-state index is 12.7. The molecule has 6 heteroatoms. The lowest BCUT2D eigenvalue weighted by Crippen LogP contribution is -1.98. The maximum Gasteiger partial charge on any atom is 0.191 e. The Kier molecular flexibility index (Phi) is 4.55. The third kappa shape index (κ3) is 3.56. The molecular formula is C13H12FN3OS. The first kappa shape index (κ1) is 13.6. The second kappa shape index (κ2) is 6.36. The molecule has 2 aromatic rings. The van der Waals surface area contributed by atoms with Gasteiger partial charge in [0.1, 0.15) is 12.4 Å². The van der Waals surface area contributed by atoms with Crippen LogP contribution in [0.3, 0.4) is 0 Å². The molecule has 0 atom stereocenters. The number of thioether (sulfide) groups is 1. The molecule has 1 aromatic carbocycles. The number of rotatable bonds is 3. The van der Waals surface area contributed by atoms with Crippen LogP contribution in [0.25, 0.3) is 0 Å². The summed E-state index contributed by atoms with van der Waals surface area (Å²) in [7, 11) is 1.79. The van der Waals surface area contributed by atoms with Gasteiger partial charge in [0, 0.05) is 12.6 Å². The van der Waals surface area contributed by atoms with Gasteiger partial charge in [-0.25, -0.2) is 4.39 Å². The van der Waals surface area contributed by atoms with Crippen LogP contribution in [0.1, 0.15) is 11.4 Å². The Bertz CT molecular complexity index is 613. The molecule has 1 aromatic heterocycles. The summed E-state index contributed by atoms with van der Waals surface area (Å²) in [5.41, 5.74) is 0.774. The van der Waals surface area contributed by atoms with Gasteiger partial charge in [0.15, 0.2) is 11.0 Å². The average Bonchev–Trinajstić information content (AvgIpc) is 2.77. The average molecular weight is 277 g/mol. The van der Waals surface area contributed by atoms with E-state index in [1.54, 1.807) is 23.7 Å². The molecular weight excluding hydrogens is 265 g/mol. The van der Waals surface area contributed by atoms with Crippen LogP contribution in [-0.2, 0) is 13.7 Å².